The van der Waals surface area contributed by atoms with Gasteiger partial charge in [0.1, 0.15) is 0 Å². The van der Waals surface area contributed by atoms with Gasteiger partial charge in [-0.2, -0.15) is 0 Å². The smallest absolute Gasteiger partial charge is 0.305 e. The van der Waals surface area contributed by atoms with E-state index in [-0.39, 0.29) is 11.9 Å². The molecule has 0 atom stereocenters. The van der Waals surface area contributed by atoms with Crippen LogP contribution in [0.3, 0.4) is 0 Å². The molecule has 0 aromatic heterocycles. The molecule has 2 aliphatic rings. The van der Waals surface area contributed by atoms with Crippen LogP contribution in [-0.4, -0.2) is 74.6 Å². The van der Waals surface area contributed by atoms with Crippen molar-refractivity contribution in [2.45, 2.75) is 31.6 Å². The molecule has 0 bridgehead atoms. The number of ether oxygens (including phenoxy) is 1. The van der Waals surface area contributed by atoms with Crippen molar-refractivity contribution in [2.24, 2.45) is 0 Å². The summed E-state index contributed by atoms with van der Waals surface area (Å²) >= 11 is 0. The number of hydrogen-bond donors (Lipinski definition) is 1. The van der Waals surface area contributed by atoms with Crippen molar-refractivity contribution < 1.29 is 14.3 Å². The Hall–Kier alpha value is -1.92. The summed E-state index contributed by atoms with van der Waals surface area (Å²) < 4.78 is 4.67. The fourth-order valence-electron chi connectivity index (χ4n) is 3.96. The number of amides is 1. The lowest BCUT2D eigenvalue weighted by Gasteiger charge is -2.34. The standard InChI is InChI=1S/C21H31N3O3/c1-27-20(25)3-2-12-23-13-15-24(16-14-23)21(26)19-6-4-17(5-7-19)18-8-10-22-11-9-18/h4-7,18,22H,2-3,8-16H2,1H3. The van der Waals surface area contributed by atoms with Gasteiger partial charge >= 0.3 is 5.97 Å². The summed E-state index contributed by atoms with van der Waals surface area (Å²) in [6, 6.07) is 8.24. The number of piperazine rings is 1. The number of esters is 1. The molecule has 2 fully saturated rings. The van der Waals surface area contributed by atoms with E-state index in [2.05, 4.69) is 27.1 Å². The first-order chi connectivity index (χ1) is 13.2. The highest BCUT2D eigenvalue weighted by atomic mass is 16.5. The topological polar surface area (TPSA) is 61.9 Å². The monoisotopic (exact) mass is 373 g/mol. The third kappa shape index (κ3) is 5.53. The maximum atomic E-state index is 12.8. The molecule has 1 aromatic carbocycles. The molecular weight excluding hydrogens is 342 g/mol. The number of piperidine rings is 1. The molecule has 0 saturated carbocycles. The number of rotatable bonds is 6. The summed E-state index contributed by atoms with van der Waals surface area (Å²) in [5.41, 5.74) is 2.13. The SMILES string of the molecule is COC(=O)CCCN1CCN(C(=O)c2ccc(C3CCNCC3)cc2)CC1. The second kappa shape index (κ2) is 9.85. The lowest BCUT2D eigenvalue weighted by molar-refractivity contribution is -0.140. The van der Waals surface area contributed by atoms with Gasteiger partial charge in [-0.25, -0.2) is 0 Å². The largest absolute Gasteiger partial charge is 0.469 e. The first-order valence-electron chi connectivity index (χ1n) is 10.1. The molecule has 0 spiro atoms. The zero-order chi connectivity index (χ0) is 19.1. The van der Waals surface area contributed by atoms with Crippen molar-refractivity contribution in [1.29, 1.82) is 0 Å². The summed E-state index contributed by atoms with van der Waals surface area (Å²) in [4.78, 5) is 28.2. The number of nitrogens with zero attached hydrogens (tertiary/aromatic N) is 2. The zero-order valence-electron chi connectivity index (χ0n) is 16.3. The fraction of sp³-hybridized carbons (Fsp3) is 0.619. The van der Waals surface area contributed by atoms with E-state index in [1.165, 1.54) is 25.5 Å². The number of hydrogen-bond acceptors (Lipinski definition) is 5. The number of nitrogens with one attached hydrogen (secondary N) is 1. The van der Waals surface area contributed by atoms with Gasteiger partial charge in [0, 0.05) is 38.2 Å². The third-order valence-corrected chi connectivity index (χ3v) is 5.71. The van der Waals surface area contributed by atoms with E-state index in [0.29, 0.717) is 12.3 Å². The van der Waals surface area contributed by atoms with E-state index >= 15 is 0 Å². The normalized spacial score (nSPS) is 19.1. The van der Waals surface area contributed by atoms with Gasteiger partial charge < -0.3 is 15.0 Å². The van der Waals surface area contributed by atoms with Crippen molar-refractivity contribution in [1.82, 2.24) is 15.1 Å². The molecule has 2 aliphatic heterocycles. The average Bonchev–Trinajstić information content (AvgIpc) is 2.74. The minimum Gasteiger partial charge on any atom is -0.469 e. The van der Waals surface area contributed by atoms with Crippen LogP contribution in [0.15, 0.2) is 24.3 Å². The third-order valence-electron chi connectivity index (χ3n) is 5.71. The van der Waals surface area contributed by atoms with Gasteiger partial charge in [-0.15, -0.1) is 0 Å². The molecule has 27 heavy (non-hydrogen) atoms. The van der Waals surface area contributed by atoms with Crippen molar-refractivity contribution in [3.05, 3.63) is 35.4 Å². The minimum absolute atomic E-state index is 0.126. The van der Waals surface area contributed by atoms with E-state index in [4.69, 9.17) is 0 Å². The highest BCUT2D eigenvalue weighted by Crippen LogP contribution is 2.25. The van der Waals surface area contributed by atoms with Crippen LogP contribution in [0.25, 0.3) is 0 Å². The fourth-order valence-corrected chi connectivity index (χ4v) is 3.96. The quantitative estimate of drug-likeness (QED) is 0.772. The summed E-state index contributed by atoms with van der Waals surface area (Å²) in [7, 11) is 1.42. The molecule has 0 aliphatic carbocycles. The number of carbonyl (C=O) groups excluding carboxylic acids is 2. The van der Waals surface area contributed by atoms with Crippen LogP contribution in [0, 0.1) is 0 Å². The molecule has 0 unspecified atom stereocenters. The molecule has 2 heterocycles. The molecule has 1 N–H and O–H groups in total. The van der Waals surface area contributed by atoms with Crippen molar-refractivity contribution >= 4 is 11.9 Å². The molecule has 1 aromatic rings. The van der Waals surface area contributed by atoms with Gasteiger partial charge in [-0.1, -0.05) is 12.1 Å². The summed E-state index contributed by atoms with van der Waals surface area (Å²) in [5.74, 6) is 0.585. The summed E-state index contributed by atoms with van der Waals surface area (Å²) in [6.45, 7) is 6.24. The van der Waals surface area contributed by atoms with E-state index in [9.17, 15) is 9.59 Å². The van der Waals surface area contributed by atoms with E-state index in [1.54, 1.807) is 0 Å². The van der Waals surface area contributed by atoms with E-state index in [0.717, 1.165) is 57.8 Å². The predicted octanol–water partition coefficient (Wildman–Crippen LogP) is 1.86. The number of methoxy groups -OCH3 is 1. The lowest BCUT2D eigenvalue weighted by atomic mass is 9.90. The highest BCUT2D eigenvalue weighted by molar-refractivity contribution is 5.94. The second-order valence-electron chi connectivity index (χ2n) is 7.46. The Balaban J connectivity index is 1.45. The minimum atomic E-state index is -0.156. The Labute approximate surface area is 161 Å². The summed E-state index contributed by atoms with van der Waals surface area (Å²) in [5, 5.41) is 3.39. The van der Waals surface area contributed by atoms with E-state index < -0.39 is 0 Å². The molecule has 1 amide bonds. The van der Waals surface area contributed by atoms with Crippen LogP contribution in [0.1, 0.15) is 47.5 Å². The van der Waals surface area contributed by atoms with Crippen molar-refractivity contribution in [3.63, 3.8) is 0 Å². The molecule has 3 rings (SSSR count). The Morgan fingerprint density at radius 2 is 1.74 bits per heavy atom. The van der Waals surface area contributed by atoms with Crippen LogP contribution in [-0.2, 0) is 9.53 Å². The molecule has 2 saturated heterocycles. The lowest BCUT2D eigenvalue weighted by Crippen LogP contribution is -2.48. The van der Waals surface area contributed by atoms with Crippen LogP contribution in [0.4, 0.5) is 0 Å². The van der Waals surface area contributed by atoms with Crippen molar-refractivity contribution in [2.75, 3.05) is 52.9 Å². The average molecular weight is 373 g/mol. The Kier molecular flexibility index (Phi) is 7.24. The predicted molar refractivity (Wildman–Crippen MR) is 105 cm³/mol. The van der Waals surface area contributed by atoms with Crippen LogP contribution >= 0.6 is 0 Å². The summed E-state index contributed by atoms with van der Waals surface area (Å²) in [6.07, 6.45) is 3.61. The molecule has 148 valence electrons. The maximum Gasteiger partial charge on any atom is 0.305 e. The van der Waals surface area contributed by atoms with Crippen molar-refractivity contribution in [3.8, 4) is 0 Å². The molecule has 0 radical (unpaired) electrons. The maximum absolute atomic E-state index is 12.8. The Morgan fingerprint density at radius 1 is 1.07 bits per heavy atom. The van der Waals surface area contributed by atoms with Gasteiger partial charge in [-0.05, 0) is 62.5 Å². The van der Waals surface area contributed by atoms with E-state index in [1.807, 2.05) is 17.0 Å². The molecule has 6 heteroatoms. The van der Waals surface area contributed by atoms with Crippen LogP contribution < -0.4 is 5.32 Å². The zero-order valence-corrected chi connectivity index (χ0v) is 16.3. The van der Waals surface area contributed by atoms with Gasteiger partial charge in [0.05, 0.1) is 7.11 Å². The highest BCUT2D eigenvalue weighted by Gasteiger charge is 2.22. The Bertz CT molecular complexity index is 618. The Morgan fingerprint density at radius 3 is 2.37 bits per heavy atom. The van der Waals surface area contributed by atoms with Crippen LogP contribution in [0.2, 0.25) is 0 Å². The van der Waals surface area contributed by atoms with Gasteiger partial charge in [0.15, 0.2) is 0 Å². The molecule has 6 nitrogen and oxygen atoms in total. The van der Waals surface area contributed by atoms with Gasteiger partial charge in [-0.3, -0.25) is 14.5 Å². The van der Waals surface area contributed by atoms with Gasteiger partial charge in [0.2, 0.25) is 0 Å². The number of benzene rings is 1. The molecular formula is C21H31N3O3. The number of carbonyl (C=O) groups is 2. The first kappa shape index (κ1) is 19.8. The first-order valence-corrected chi connectivity index (χ1v) is 10.1. The van der Waals surface area contributed by atoms with Crippen LogP contribution in [0.5, 0.6) is 0 Å². The second-order valence-corrected chi connectivity index (χ2v) is 7.46. The van der Waals surface area contributed by atoms with Gasteiger partial charge in [0.25, 0.3) is 5.91 Å².